The van der Waals surface area contributed by atoms with Crippen LogP contribution in [0.15, 0.2) is 18.2 Å². The number of carbonyl (C=O) groups is 3. The summed E-state index contributed by atoms with van der Waals surface area (Å²) in [7, 11) is 3.07. The molecule has 186 valence electrons. The molecule has 0 spiro atoms. The van der Waals surface area contributed by atoms with Gasteiger partial charge in [-0.25, -0.2) is 9.80 Å². The van der Waals surface area contributed by atoms with Crippen LogP contribution in [0.25, 0.3) is 0 Å². The highest BCUT2D eigenvalue weighted by Gasteiger charge is 2.54. The van der Waals surface area contributed by atoms with Crippen molar-refractivity contribution in [1.29, 1.82) is 0 Å². The summed E-state index contributed by atoms with van der Waals surface area (Å²) >= 11 is 0. The molecule has 3 fully saturated rings. The summed E-state index contributed by atoms with van der Waals surface area (Å²) in [6.07, 6.45) is 3.91. The normalized spacial score (nSPS) is 24.3. The van der Waals surface area contributed by atoms with E-state index in [1.165, 1.54) is 12.1 Å². The van der Waals surface area contributed by atoms with Crippen molar-refractivity contribution in [3.8, 4) is 11.5 Å². The first-order valence-corrected chi connectivity index (χ1v) is 12.0. The van der Waals surface area contributed by atoms with Gasteiger partial charge in [0.2, 0.25) is 11.8 Å². The number of urea groups is 1. The molecule has 1 aliphatic carbocycles. The number of ether oxygens (including phenoxy) is 2. The Morgan fingerprint density at radius 1 is 1.15 bits per heavy atom. The summed E-state index contributed by atoms with van der Waals surface area (Å²) in [5.74, 6) is 1.09. The molecule has 4 amide bonds. The number of hydrazine groups is 1. The van der Waals surface area contributed by atoms with Crippen molar-refractivity contribution in [3.63, 3.8) is 0 Å². The molecule has 0 bridgehead atoms. The maximum atomic E-state index is 13.4. The van der Waals surface area contributed by atoms with E-state index in [4.69, 9.17) is 9.47 Å². The van der Waals surface area contributed by atoms with E-state index in [2.05, 4.69) is 24.6 Å². The lowest BCUT2D eigenvalue weighted by molar-refractivity contribution is -0.156. The molecule has 3 aliphatic rings. The van der Waals surface area contributed by atoms with Gasteiger partial charge in [0, 0.05) is 24.3 Å². The predicted octanol–water partition coefficient (Wildman–Crippen LogP) is 2.62. The zero-order chi connectivity index (χ0) is 24.4. The quantitative estimate of drug-likeness (QED) is 0.602. The lowest BCUT2D eigenvalue weighted by atomic mass is 9.81. The van der Waals surface area contributed by atoms with Crippen LogP contribution in [-0.2, 0) is 9.59 Å². The SMILES string of the molecule is COc1ccc(NC(=O)CN2NC3N(CCC(C)C)C(=O)C4CCCCC4N3C2=O)cc1OC. The van der Waals surface area contributed by atoms with Gasteiger partial charge in [-0.1, -0.05) is 26.7 Å². The molecule has 1 aromatic carbocycles. The minimum absolute atomic E-state index is 0.114. The van der Waals surface area contributed by atoms with Crippen LogP contribution in [0.4, 0.5) is 10.5 Å². The highest BCUT2D eigenvalue weighted by Crippen LogP contribution is 2.38. The molecule has 4 rings (SSSR count). The van der Waals surface area contributed by atoms with Crippen LogP contribution in [0.2, 0.25) is 0 Å². The minimum Gasteiger partial charge on any atom is -0.493 e. The molecule has 0 aromatic heterocycles. The summed E-state index contributed by atoms with van der Waals surface area (Å²) in [5.41, 5.74) is 3.68. The lowest BCUT2D eigenvalue weighted by Gasteiger charge is -2.48. The van der Waals surface area contributed by atoms with E-state index in [0.29, 0.717) is 29.6 Å². The van der Waals surface area contributed by atoms with Crippen molar-refractivity contribution in [2.75, 3.05) is 32.6 Å². The Morgan fingerprint density at radius 2 is 1.88 bits per heavy atom. The summed E-state index contributed by atoms with van der Waals surface area (Å²) in [4.78, 5) is 43.1. The second-order valence-electron chi connectivity index (χ2n) is 9.57. The van der Waals surface area contributed by atoms with Crippen molar-refractivity contribution in [2.24, 2.45) is 11.8 Å². The van der Waals surface area contributed by atoms with Crippen molar-refractivity contribution < 1.29 is 23.9 Å². The molecule has 1 saturated carbocycles. The molecule has 10 heteroatoms. The third-order valence-corrected chi connectivity index (χ3v) is 6.89. The minimum atomic E-state index is -0.549. The van der Waals surface area contributed by atoms with E-state index in [1.54, 1.807) is 35.1 Å². The van der Waals surface area contributed by atoms with Gasteiger partial charge in [-0.2, -0.15) is 5.43 Å². The predicted molar refractivity (Wildman–Crippen MR) is 126 cm³/mol. The van der Waals surface area contributed by atoms with Crippen LogP contribution in [0, 0.1) is 11.8 Å². The Balaban J connectivity index is 1.48. The third kappa shape index (κ3) is 4.64. The average Bonchev–Trinajstić information content (AvgIpc) is 3.14. The van der Waals surface area contributed by atoms with E-state index in [1.807, 2.05) is 0 Å². The van der Waals surface area contributed by atoms with Gasteiger partial charge in [-0.15, -0.1) is 0 Å². The third-order valence-electron chi connectivity index (χ3n) is 6.89. The van der Waals surface area contributed by atoms with Gasteiger partial charge in [0.25, 0.3) is 0 Å². The number of carbonyl (C=O) groups excluding carboxylic acids is 3. The number of amides is 4. The number of anilines is 1. The molecule has 1 aromatic rings. The highest BCUT2D eigenvalue weighted by atomic mass is 16.5. The summed E-state index contributed by atoms with van der Waals surface area (Å²) in [6.45, 7) is 4.64. The zero-order valence-electron chi connectivity index (χ0n) is 20.4. The van der Waals surface area contributed by atoms with Crippen LogP contribution < -0.4 is 20.2 Å². The van der Waals surface area contributed by atoms with Crippen molar-refractivity contribution in [2.45, 2.75) is 58.3 Å². The fourth-order valence-electron chi connectivity index (χ4n) is 5.11. The Kier molecular flexibility index (Phi) is 7.16. The molecular weight excluding hydrogens is 438 g/mol. The summed E-state index contributed by atoms with van der Waals surface area (Å²) in [6, 6.07) is 4.70. The molecule has 2 aliphatic heterocycles. The second-order valence-corrected chi connectivity index (χ2v) is 9.57. The number of hydrogen-bond donors (Lipinski definition) is 2. The van der Waals surface area contributed by atoms with Gasteiger partial charge in [0.15, 0.2) is 17.8 Å². The summed E-state index contributed by atoms with van der Waals surface area (Å²) < 4.78 is 10.5. The summed E-state index contributed by atoms with van der Waals surface area (Å²) in [5, 5.41) is 4.13. The van der Waals surface area contributed by atoms with Crippen molar-refractivity contribution >= 4 is 23.5 Å². The molecule has 0 radical (unpaired) electrons. The first-order chi connectivity index (χ1) is 16.3. The number of fused-ring (bicyclic) bond motifs is 3. The largest absolute Gasteiger partial charge is 0.493 e. The van der Waals surface area contributed by atoms with Crippen LogP contribution in [-0.4, -0.2) is 72.3 Å². The van der Waals surface area contributed by atoms with E-state index in [0.717, 1.165) is 32.1 Å². The zero-order valence-corrected chi connectivity index (χ0v) is 20.4. The maximum absolute atomic E-state index is 13.4. The number of nitrogens with one attached hydrogen (secondary N) is 2. The Labute approximate surface area is 200 Å². The molecule has 2 saturated heterocycles. The molecule has 34 heavy (non-hydrogen) atoms. The van der Waals surface area contributed by atoms with E-state index >= 15 is 0 Å². The number of methoxy groups -OCH3 is 2. The van der Waals surface area contributed by atoms with Crippen LogP contribution >= 0.6 is 0 Å². The number of hydrogen-bond acceptors (Lipinski definition) is 6. The number of rotatable bonds is 8. The average molecular weight is 474 g/mol. The fraction of sp³-hybridized carbons (Fsp3) is 0.625. The maximum Gasteiger partial charge on any atom is 0.337 e. The van der Waals surface area contributed by atoms with Crippen LogP contribution in [0.1, 0.15) is 46.0 Å². The smallest absolute Gasteiger partial charge is 0.337 e. The molecule has 2 N–H and O–H groups in total. The topological polar surface area (TPSA) is 103 Å². The van der Waals surface area contributed by atoms with Crippen LogP contribution in [0.3, 0.4) is 0 Å². The van der Waals surface area contributed by atoms with Gasteiger partial charge in [0.1, 0.15) is 6.54 Å². The van der Waals surface area contributed by atoms with Gasteiger partial charge in [0.05, 0.1) is 20.1 Å². The molecule has 3 unspecified atom stereocenters. The van der Waals surface area contributed by atoms with Crippen LogP contribution in [0.5, 0.6) is 11.5 Å². The highest BCUT2D eigenvalue weighted by molar-refractivity contribution is 5.95. The Morgan fingerprint density at radius 3 is 2.59 bits per heavy atom. The fourth-order valence-corrected chi connectivity index (χ4v) is 5.11. The molecule has 2 heterocycles. The monoisotopic (exact) mass is 473 g/mol. The van der Waals surface area contributed by atoms with Gasteiger partial charge >= 0.3 is 6.03 Å². The molecule has 3 atom stereocenters. The van der Waals surface area contributed by atoms with Gasteiger partial charge in [-0.05, 0) is 37.3 Å². The first kappa shape index (κ1) is 24.1. The first-order valence-electron chi connectivity index (χ1n) is 12.0. The van der Waals surface area contributed by atoms with Crippen molar-refractivity contribution in [3.05, 3.63) is 18.2 Å². The van der Waals surface area contributed by atoms with Gasteiger partial charge < -0.3 is 19.7 Å². The number of benzene rings is 1. The van der Waals surface area contributed by atoms with E-state index in [9.17, 15) is 14.4 Å². The van der Waals surface area contributed by atoms with E-state index < -0.39 is 6.29 Å². The molecule has 10 nitrogen and oxygen atoms in total. The lowest BCUT2D eigenvalue weighted by Crippen LogP contribution is -2.66. The second kappa shape index (κ2) is 10.1. The molecular formula is C24H35N5O5. The van der Waals surface area contributed by atoms with Gasteiger partial charge in [-0.3, -0.25) is 14.5 Å². The van der Waals surface area contributed by atoms with Crippen molar-refractivity contribution in [1.82, 2.24) is 20.2 Å². The Bertz CT molecular complexity index is 938. The Hall–Kier alpha value is -3.01. The standard InChI is InChI=1S/C24H35N5O5/c1-15(2)11-12-27-22(31)17-7-5-6-8-18(17)29-23(27)26-28(24(29)32)14-21(30)25-16-9-10-19(33-3)20(13-16)34-4/h9-10,13,15,17-18,23,26H,5-8,11-12,14H2,1-4H3,(H,25,30). The number of nitrogens with zero attached hydrogens (tertiary/aromatic N) is 3. The van der Waals surface area contributed by atoms with E-state index in [-0.39, 0.29) is 36.3 Å².